The predicted octanol–water partition coefficient (Wildman–Crippen LogP) is 2.99. The third-order valence-electron chi connectivity index (χ3n) is 0.642. The van der Waals surface area contributed by atoms with Gasteiger partial charge in [-0.05, 0) is 5.41 Å². The fourth-order valence-corrected chi connectivity index (χ4v) is 0.939. The van der Waals surface area contributed by atoms with Gasteiger partial charge in [0.05, 0.1) is 0 Å². The van der Waals surface area contributed by atoms with E-state index in [0.717, 1.165) is 0 Å². The van der Waals surface area contributed by atoms with Gasteiger partial charge < -0.3 is 0 Å². The molecule has 0 saturated carbocycles. The second-order valence-electron chi connectivity index (χ2n) is 3.13. The predicted molar refractivity (Wildman–Crippen MR) is 37.9 cm³/mol. The van der Waals surface area contributed by atoms with Gasteiger partial charge in [0, 0.05) is 5.75 Å². The molecule has 3 heteroatoms. The van der Waals surface area contributed by atoms with Crippen molar-refractivity contribution in [2.45, 2.75) is 26.5 Å². The van der Waals surface area contributed by atoms with Gasteiger partial charge in [0.2, 0.25) is 0 Å². The number of alkyl halides is 2. The maximum absolute atomic E-state index is 11.5. The first-order valence-electron chi connectivity index (χ1n) is 2.81. The average molecular weight is 154 g/mol. The van der Waals surface area contributed by atoms with E-state index in [1.54, 1.807) is 0 Å². The number of hydrogen-bond acceptors (Lipinski definition) is 1. The first-order valence-corrected chi connectivity index (χ1v) is 3.86. The van der Waals surface area contributed by atoms with Crippen LogP contribution in [-0.2, 0) is 0 Å². The third kappa shape index (κ3) is 8.21. The normalized spacial score (nSPS) is 12.7. The van der Waals surface area contributed by atoms with Gasteiger partial charge in [-0.15, -0.1) is 0 Å². The van der Waals surface area contributed by atoms with Crippen molar-refractivity contribution in [2.24, 2.45) is 5.41 Å². The first-order chi connectivity index (χ1) is 3.92. The molecule has 0 heterocycles. The molecule has 0 aromatic rings. The van der Waals surface area contributed by atoms with Crippen LogP contribution in [0, 0.1) is 5.41 Å². The van der Waals surface area contributed by atoms with Crippen LogP contribution in [0.2, 0.25) is 0 Å². The van der Waals surface area contributed by atoms with Crippen molar-refractivity contribution in [2.75, 3.05) is 5.75 Å². The largest absolute Gasteiger partial charge is 0.284 e. The standard InChI is InChI=1S/C6H12F2S/c1-6(2,3)4-9-5(7)8/h5H,4H2,1-3H3. The maximum Gasteiger partial charge on any atom is 0.284 e. The van der Waals surface area contributed by atoms with E-state index in [-0.39, 0.29) is 5.41 Å². The highest BCUT2D eigenvalue weighted by Crippen LogP contribution is 2.24. The highest BCUT2D eigenvalue weighted by Gasteiger charge is 2.13. The zero-order valence-electron chi connectivity index (χ0n) is 5.95. The average Bonchev–Trinajstić information content (AvgIpc) is 1.59. The molecule has 0 aliphatic heterocycles. The van der Waals surface area contributed by atoms with Crippen LogP contribution in [0.15, 0.2) is 0 Å². The first kappa shape index (κ1) is 9.21. The van der Waals surface area contributed by atoms with Gasteiger partial charge in [0.15, 0.2) is 0 Å². The molecule has 0 fully saturated rings. The molecule has 0 N–H and O–H groups in total. The van der Waals surface area contributed by atoms with Crippen LogP contribution in [-0.4, -0.2) is 11.5 Å². The van der Waals surface area contributed by atoms with Crippen molar-refractivity contribution in [3.05, 3.63) is 0 Å². The molecule has 0 spiro atoms. The molecule has 0 aliphatic rings. The van der Waals surface area contributed by atoms with Crippen LogP contribution >= 0.6 is 11.8 Å². The summed E-state index contributed by atoms with van der Waals surface area (Å²) in [7, 11) is 0. The molecule has 0 nitrogen and oxygen atoms in total. The quantitative estimate of drug-likeness (QED) is 0.589. The summed E-state index contributed by atoms with van der Waals surface area (Å²) in [6, 6.07) is 0. The Labute approximate surface area is 59.0 Å². The summed E-state index contributed by atoms with van der Waals surface area (Å²) in [6.07, 6.45) is 0. The number of rotatable bonds is 2. The molecule has 0 saturated heterocycles. The molecule has 0 bridgehead atoms. The minimum Gasteiger partial charge on any atom is -0.198 e. The molecule has 0 aromatic carbocycles. The fraction of sp³-hybridized carbons (Fsp3) is 1.00. The minimum atomic E-state index is -2.22. The van der Waals surface area contributed by atoms with E-state index in [4.69, 9.17) is 0 Å². The molecule has 0 unspecified atom stereocenters. The Kier molecular flexibility index (Phi) is 3.48. The zero-order valence-corrected chi connectivity index (χ0v) is 6.77. The highest BCUT2D eigenvalue weighted by molar-refractivity contribution is 7.99. The van der Waals surface area contributed by atoms with E-state index in [9.17, 15) is 8.78 Å². The van der Waals surface area contributed by atoms with Crippen LogP contribution in [0.3, 0.4) is 0 Å². The summed E-state index contributed by atoms with van der Waals surface area (Å²) in [5, 5.41) is 0. The second kappa shape index (κ2) is 3.40. The minimum absolute atomic E-state index is 0.0150. The summed E-state index contributed by atoms with van der Waals surface area (Å²) in [6.45, 7) is 5.84. The van der Waals surface area contributed by atoms with Crippen LogP contribution in [0.5, 0.6) is 0 Å². The molecule has 0 amide bonds. The molecular weight excluding hydrogens is 142 g/mol. The SMILES string of the molecule is CC(C)(C)CSC(F)F. The van der Waals surface area contributed by atoms with Crippen LogP contribution < -0.4 is 0 Å². The van der Waals surface area contributed by atoms with Crippen molar-refractivity contribution in [1.82, 2.24) is 0 Å². The second-order valence-corrected chi connectivity index (χ2v) is 4.11. The van der Waals surface area contributed by atoms with Crippen molar-refractivity contribution in [3.8, 4) is 0 Å². The summed E-state index contributed by atoms with van der Waals surface area (Å²) in [4.78, 5) is 0. The molecule has 0 aromatic heterocycles. The zero-order chi connectivity index (χ0) is 7.49. The van der Waals surface area contributed by atoms with Gasteiger partial charge in [-0.25, -0.2) is 0 Å². The molecule has 0 rings (SSSR count). The van der Waals surface area contributed by atoms with Gasteiger partial charge in [0.25, 0.3) is 5.76 Å². The maximum atomic E-state index is 11.5. The van der Waals surface area contributed by atoms with Gasteiger partial charge in [-0.3, -0.25) is 0 Å². The summed E-state index contributed by atoms with van der Waals surface area (Å²) in [5.41, 5.74) is 0.0150. The van der Waals surface area contributed by atoms with E-state index in [1.165, 1.54) is 0 Å². The van der Waals surface area contributed by atoms with Crippen molar-refractivity contribution in [1.29, 1.82) is 0 Å². The van der Waals surface area contributed by atoms with Crippen LogP contribution in [0.25, 0.3) is 0 Å². The van der Waals surface area contributed by atoms with Gasteiger partial charge in [-0.2, -0.15) is 8.78 Å². The van der Waals surface area contributed by atoms with E-state index < -0.39 is 5.76 Å². The Balaban J connectivity index is 3.28. The number of halogens is 2. The molecule has 0 radical (unpaired) electrons. The Morgan fingerprint density at radius 1 is 1.33 bits per heavy atom. The Morgan fingerprint density at radius 2 is 1.78 bits per heavy atom. The van der Waals surface area contributed by atoms with Gasteiger partial charge in [-0.1, -0.05) is 32.5 Å². The summed E-state index contributed by atoms with van der Waals surface area (Å²) in [5.74, 6) is -1.70. The van der Waals surface area contributed by atoms with Gasteiger partial charge in [0.1, 0.15) is 0 Å². The van der Waals surface area contributed by atoms with E-state index in [2.05, 4.69) is 0 Å². The Bertz CT molecular complexity index is 75.6. The van der Waals surface area contributed by atoms with E-state index in [0.29, 0.717) is 17.5 Å². The Morgan fingerprint density at radius 3 is 1.89 bits per heavy atom. The molecule has 0 atom stereocenters. The number of thioether (sulfide) groups is 1. The van der Waals surface area contributed by atoms with E-state index >= 15 is 0 Å². The third-order valence-corrected chi connectivity index (χ3v) is 1.93. The fourth-order valence-electron chi connectivity index (χ4n) is 0.313. The Hall–Kier alpha value is 0.210. The topological polar surface area (TPSA) is 0 Å². The smallest absolute Gasteiger partial charge is 0.198 e. The van der Waals surface area contributed by atoms with Crippen LogP contribution in [0.1, 0.15) is 20.8 Å². The van der Waals surface area contributed by atoms with Crippen molar-refractivity contribution in [3.63, 3.8) is 0 Å². The van der Waals surface area contributed by atoms with Crippen molar-refractivity contribution < 1.29 is 8.78 Å². The lowest BCUT2D eigenvalue weighted by molar-refractivity contribution is 0.250. The van der Waals surface area contributed by atoms with E-state index in [1.807, 2.05) is 20.8 Å². The lowest BCUT2D eigenvalue weighted by atomic mass is 10.0. The molecule has 9 heavy (non-hydrogen) atoms. The molecule has 56 valence electrons. The lowest BCUT2D eigenvalue weighted by Gasteiger charge is -2.16. The van der Waals surface area contributed by atoms with Crippen LogP contribution in [0.4, 0.5) is 8.78 Å². The monoisotopic (exact) mass is 154 g/mol. The highest BCUT2D eigenvalue weighted by atomic mass is 32.2. The number of hydrogen-bond donors (Lipinski definition) is 0. The molecular formula is C6H12F2S. The summed E-state index contributed by atoms with van der Waals surface area (Å²) >= 11 is 0.705. The van der Waals surface area contributed by atoms with Crippen molar-refractivity contribution >= 4 is 11.8 Å². The summed E-state index contributed by atoms with van der Waals surface area (Å²) < 4.78 is 23.1. The van der Waals surface area contributed by atoms with Gasteiger partial charge >= 0.3 is 0 Å². The lowest BCUT2D eigenvalue weighted by Crippen LogP contribution is -2.09. The molecule has 0 aliphatic carbocycles.